The molecule has 0 amide bonds. The zero-order valence-corrected chi connectivity index (χ0v) is 14.3. The molecule has 1 aromatic rings. The number of nitrogens with zero attached hydrogens (tertiary/aromatic N) is 2. The largest absolute Gasteiger partial charge is 0.511 e. The summed E-state index contributed by atoms with van der Waals surface area (Å²) < 4.78 is 5.22. The van der Waals surface area contributed by atoms with Gasteiger partial charge in [-0.3, -0.25) is 19.4 Å². The van der Waals surface area contributed by atoms with Crippen molar-refractivity contribution in [2.45, 2.75) is 51.4 Å². The summed E-state index contributed by atoms with van der Waals surface area (Å²) in [4.78, 5) is 38.9. The van der Waals surface area contributed by atoms with Crippen LogP contribution in [0.4, 0.5) is 0 Å². The number of aliphatic hydroxyl groups is 1. The Balaban J connectivity index is 1.80. The molecular formula is C18H20N2O6. The van der Waals surface area contributed by atoms with Gasteiger partial charge in [-0.25, -0.2) is 0 Å². The van der Waals surface area contributed by atoms with Crippen molar-refractivity contribution in [3.8, 4) is 0 Å². The van der Waals surface area contributed by atoms with Crippen molar-refractivity contribution in [3.63, 3.8) is 0 Å². The fraction of sp³-hybridized carbons (Fsp3) is 0.500. The molecule has 138 valence electrons. The highest BCUT2D eigenvalue weighted by Gasteiger charge is 2.28. The van der Waals surface area contributed by atoms with E-state index in [0.717, 1.165) is 6.42 Å². The topological polar surface area (TPSA) is 130 Å². The molecule has 1 aromatic heterocycles. The third-order valence-electron chi connectivity index (χ3n) is 4.60. The van der Waals surface area contributed by atoms with Crippen LogP contribution in [0.1, 0.15) is 60.3 Å². The van der Waals surface area contributed by atoms with Gasteiger partial charge in [-0.05, 0) is 19.3 Å². The number of fused-ring (bicyclic) bond motifs is 1. The molecule has 2 aliphatic carbocycles. The van der Waals surface area contributed by atoms with Crippen LogP contribution in [0.15, 0.2) is 20.8 Å². The van der Waals surface area contributed by atoms with Crippen molar-refractivity contribution in [2.75, 3.05) is 6.54 Å². The number of carboxylic acid groups (broad SMARTS) is 1. The number of hydrogen-bond donors (Lipinski definition) is 2. The van der Waals surface area contributed by atoms with Crippen LogP contribution in [0.25, 0.3) is 0 Å². The monoisotopic (exact) mass is 360 g/mol. The molecule has 0 spiro atoms. The van der Waals surface area contributed by atoms with E-state index in [0.29, 0.717) is 54.8 Å². The number of rotatable bonds is 5. The molecule has 8 nitrogen and oxygen atoms in total. The van der Waals surface area contributed by atoms with Gasteiger partial charge in [-0.1, -0.05) is 5.16 Å². The number of carbonyl (C=O) groups excluding carboxylic acids is 2. The van der Waals surface area contributed by atoms with Crippen LogP contribution in [0.5, 0.6) is 0 Å². The third kappa shape index (κ3) is 3.74. The Hall–Kier alpha value is -2.77. The van der Waals surface area contributed by atoms with Crippen molar-refractivity contribution >= 4 is 23.2 Å². The van der Waals surface area contributed by atoms with Crippen molar-refractivity contribution in [1.29, 1.82) is 0 Å². The molecule has 1 fully saturated rings. The summed E-state index contributed by atoms with van der Waals surface area (Å²) in [6.07, 6.45) is 3.58. The summed E-state index contributed by atoms with van der Waals surface area (Å²) in [7, 11) is 0. The molecular weight excluding hydrogens is 340 g/mol. The van der Waals surface area contributed by atoms with Gasteiger partial charge in [-0.2, -0.15) is 0 Å². The summed E-state index contributed by atoms with van der Waals surface area (Å²) in [6.45, 7) is -0.440. The fourth-order valence-electron chi connectivity index (χ4n) is 3.39. The lowest BCUT2D eigenvalue weighted by Gasteiger charge is -2.17. The molecule has 1 saturated carbocycles. The van der Waals surface area contributed by atoms with E-state index in [1.807, 2.05) is 0 Å². The normalized spacial score (nSPS) is 21.0. The molecule has 0 radical (unpaired) electrons. The van der Waals surface area contributed by atoms with Gasteiger partial charge < -0.3 is 14.7 Å². The number of aromatic nitrogens is 1. The van der Waals surface area contributed by atoms with Crippen molar-refractivity contribution in [1.82, 2.24) is 5.16 Å². The average Bonchev–Trinajstić information content (AvgIpc) is 3.02. The third-order valence-corrected chi connectivity index (χ3v) is 4.60. The van der Waals surface area contributed by atoms with Crippen LogP contribution >= 0.6 is 0 Å². The van der Waals surface area contributed by atoms with E-state index in [2.05, 4.69) is 10.1 Å². The number of hydrogen-bond acceptors (Lipinski definition) is 7. The van der Waals surface area contributed by atoms with E-state index in [9.17, 15) is 19.5 Å². The van der Waals surface area contributed by atoms with Gasteiger partial charge >= 0.3 is 5.97 Å². The maximum absolute atomic E-state index is 12.2. The maximum Gasteiger partial charge on any atom is 0.325 e. The van der Waals surface area contributed by atoms with Crippen LogP contribution in [-0.2, 0) is 22.4 Å². The molecule has 2 aliphatic rings. The minimum Gasteiger partial charge on any atom is -0.511 e. The molecule has 3 rings (SSSR count). The maximum atomic E-state index is 12.2. The van der Waals surface area contributed by atoms with Crippen molar-refractivity contribution in [3.05, 3.63) is 28.3 Å². The van der Waals surface area contributed by atoms with E-state index < -0.39 is 12.5 Å². The Morgan fingerprint density at radius 3 is 2.58 bits per heavy atom. The molecule has 26 heavy (non-hydrogen) atoms. The van der Waals surface area contributed by atoms with Gasteiger partial charge in [0.15, 0.2) is 11.6 Å². The number of aliphatic carboxylic acids is 1. The second-order valence-electron chi connectivity index (χ2n) is 6.46. The number of aliphatic hydroxyl groups excluding tert-OH is 1. The van der Waals surface area contributed by atoms with Gasteiger partial charge in [-0.15, -0.1) is 0 Å². The van der Waals surface area contributed by atoms with E-state index >= 15 is 0 Å². The van der Waals surface area contributed by atoms with Crippen molar-refractivity contribution in [2.24, 2.45) is 4.99 Å². The standard InChI is InChI=1S/C18H20N2O6/c21-12-4-1-3-10(19-9-16(24)25)17(12)14(23)8-7-11-18-13(22)5-2-6-15(18)26-20-11/h23H,1-9H2,(H,24,25). The van der Waals surface area contributed by atoms with Gasteiger partial charge in [0.25, 0.3) is 0 Å². The summed E-state index contributed by atoms with van der Waals surface area (Å²) in [6, 6.07) is 0. The number of Topliss-reactive ketones (excluding diaryl/α,β-unsaturated/α-hetero) is 2. The van der Waals surface area contributed by atoms with Crippen LogP contribution in [0, 0.1) is 0 Å². The highest BCUT2D eigenvalue weighted by molar-refractivity contribution is 6.24. The van der Waals surface area contributed by atoms with Gasteiger partial charge in [0.1, 0.15) is 18.1 Å². The first-order chi connectivity index (χ1) is 12.5. The lowest BCUT2D eigenvalue weighted by molar-refractivity contribution is -0.135. The second-order valence-corrected chi connectivity index (χ2v) is 6.46. The average molecular weight is 360 g/mol. The lowest BCUT2D eigenvalue weighted by atomic mass is 9.89. The molecule has 1 heterocycles. The van der Waals surface area contributed by atoms with Crippen LogP contribution in [-0.4, -0.2) is 45.2 Å². The Labute approximate surface area is 149 Å². The molecule has 0 unspecified atom stereocenters. The summed E-state index contributed by atoms with van der Waals surface area (Å²) in [5.41, 5.74) is 1.44. The Kier molecular flexibility index (Phi) is 5.29. The molecule has 0 aromatic carbocycles. The van der Waals surface area contributed by atoms with Crippen molar-refractivity contribution < 1.29 is 29.1 Å². The highest BCUT2D eigenvalue weighted by Crippen LogP contribution is 2.27. The summed E-state index contributed by atoms with van der Waals surface area (Å²) in [5.74, 6) is -0.898. The number of aliphatic imine (C=N–C) groups is 1. The zero-order valence-electron chi connectivity index (χ0n) is 14.3. The number of allylic oxidation sites excluding steroid dienone is 2. The molecule has 8 heteroatoms. The molecule has 0 saturated heterocycles. The lowest BCUT2D eigenvalue weighted by Crippen LogP contribution is -2.22. The first kappa shape index (κ1) is 18.0. The van der Waals surface area contributed by atoms with Gasteiger partial charge in [0.2, 0.25) is 0 Å². The quantitative estimate of drug-likeness (QED) is 0.608. The van der Waals surface area contributed by atoms with E-state index in [1.165, 1.54) is 0 Å². The zero-order chi connectivity index (χ0) is 18.7. The van der Waals surface area contributed by atoms with E-state index in [-0.39, 0.29) is 35.7 Å². The van der Waals surface area contributed by atoms with Crippen LogP contribution < -0.4 is 0 Å². The fourth-order valence-corrected chi connectivity index (χ4v) is 3.39. The van der Waals surface area contributed by atoms with Gasteiger partial charge in [0.05, 0.1) is 16.8 Å². The summed E-state index contributed by atoms with van der Waals surface area (Å²) >= 11 is 0. The Morgan fingerprint density at radius 2 is 1.81 bits per heavy atom. The molecule has 2 N–H and O–H groups in total. The minimum atomic E-state index is -1.10. The number of carbonyl (C=O) groups is 3. The van der Waals surface area contributed by atoms with Gasteiger partial charge in [0, 0.05) is 37.8 Å². The second kappa shape index (κ2) is 7.63. The minimum absolute atomic E-state index is 0.00732. The number of ketones is 2. The van der Waals surface area contributed by atoms with E-state index in [1.54, 1.807) is 0 Å². The highest BCUT2D eigenvalue weighted by atomic mass is 16.5. The first-order valence-corrected chi connectivity index (χ1v) is 8.68. The molecule has 0 atom stereocenters. The molecule has 0 bridgehead atoms. The first-order valence-electron chi connectivity index (χ1n) is 8.68. The van der Waals surface area contributed by atoms with E-state index in [4.69, 9.17) is 9.63 Å². The predicted octanol–water partition coefficient (Wildman–Crippen LogP) is 2.22. The van der Waals surface area contributed by atoms with Crippen LogP contribution in [0.3, 0.4) is 0 Å². The molecule has 0 aliphatic heterocycles. The smallest absolute Gasteiger partial charge is 0.325 e. The summed E-state index contributed by atoms with van der Waals surface area (Å²) in [5, 5.41) is 23.2. The Morgan fingerprint density at radius 1 is 1.08 bits per heavy atom. The number of carboxylic acids is 1. The Bertz CT molecular complexity index is 818. The predicted molar refractivity (Wildman–Crippen MR) is 90.5 cm³/mol. The van der Waals surface area contributed by atoms with Crippen LogP contribution in [0.2, 0.25) is 0 Å². The number of aryl methyl sites for hydroxylation is 2. The SMILES string of the molecule is O=C(O)CN=C1CCCC(=O)C1=C(O)CCc1noc2c1C(=O)CCC2.